The lowest BCUT2D eigenvalue weighted by Gasteiger charge is -2.41. The first-order valence-corrected chi connectivity index (χ1v) is 9.11. The van der Waals surface area contributed by atoms with E-state index in [4.69, 9.17) is 16.3 Å². The Hall–Kier alpha value is -2.04. The fourth-order valence-corrected chi connectivity index (χ4v) is 3.84. The first-order valence-electron chi connectivity index (χ1n) is 8.73. The van der Waals surface area contributed by atoms with Crippen LogP contribution in [0, 0.1) is 0 Å². The van der Waals surface area contributed by atoms with Crippen LogP contribution < -0.4 is 4.74 Å². The summed E-state index contributed by atoms with van der Waals surface area (Å²) in [4.78, 5) is 17.1. The summed E-state index contributed by atoms with van der Waals surface area (Å²) < 4.78 is 5.77. The molecule has 0 spiro atoms. The molecule has 0 aromatic heterocycles. The number of carbonyl (C=O) groups is 1. The van der Waals surface area contributed by atoms with Gasteiger partial charge in [-0.05, 0) is 30.3 Å². The second-order valence-corrected chi connectivity index (χ2v) is 6.96. The fraction of sp³-hybridized carbons (Fsp3) is 0.350. The van der Waals surface area contributed by atoms with Crippen LogP contribution in [0.15, 0.2) is 48.5 Å². The molecule has 1 amide bonds. The molecule has 5 heteroatoms. The van der Waals surface area contributed by atoms with Gasteiger partial charge in [-0.15, -0.1) is 0 Å². The number of amides is 1. The number of para-hydroxylation sites is 1. The van der Waals surface area contributed by atoms with Crippen molar-refractivity contribution >= 4 is 17.5 Å². The molecule has 130 valence electrons. The highest BCUT2D eigenvalue weighted by molar-refractivity contribution is 6.30. The van der Waals surface area contributed by atoms with Gasteiger partial charge in [0.15, 0.2) is 0 Å². The van der Waals surface area contributed by atoms with E-state index in [1.165, 1.54) is 5.56 Å². The minimum Gasteiger partial charge on any atom is -0.493 e. The Morgan fingerprint density at radius 2 is 1.72 bits per heavy atom. The van der Waals surface area contributed by atoms with Crippen molar-refractivity contribution in [2.75, 3.05) is 32.8 Å². The standard InChI is InChI=1S/C20H21ClN2O2/c21-16-7-5-15(6-8-16)20(24)23-12-10-22(11-13-23)18-9-14-25-19-4-2-1-3-17(18)19/h1-8,18H,9-14H2. The second kappa shape index (κ2) is 7.06. The number of piperazine rings is 1. The predicted octanol–water partition coefficient (Wildman–Crippen LogP) is 3.62. The molecule has 1 unspecified atom stereocenters. The molecule has 4 rings (SSSR count). The van der Waals surface area contributed by atoms with Crippen molar-refractivity contribution in [3.05, 3.63) is 64.7 Å². The van der Waals surface area contributed by atoms with Gasteiger partial charge >= 0.3 is 0 Å². The summed E-state index contributed by atoms with van der Waals surface area (Å²) in [6.07, 6.45) is 1.00. The quantitative estimate of drug-likeness (QED) is 0.823. The topological polar surface area (TPSA) is 32.8 Å². The largest absolute Gasteiger partial charge is 0.493 e. The van der Waals surface area contributed by atoms with Gasteiger partial charge in [-0.25, -0.2) is 0 Å². The van der Waals surface area contributed by atoms with Crippen LogP contribution in [-0.4, -0.2) is 48.5 Å². The summed E-state index contributed by atoms with van der Waals surface area (Å²) in [6.45, 7) is 4.03. The molecule has 4 nitrogen and oxygen atoms in total. The highest BCUT2D eigenvalue weighted by Gasteiger charge is 2.30. The van der Waals surface area contributed by atoms with Gasteiger partial charge in [-0.3, -0.25) is 9.69 Å². The van der Waals surface area contributed by atoms with Gasteiger partial charge < -0.3 is 9.64 Å². The average molecular weight is 357 g/mol. The Kier molecular flexibility index (Phi) is 4.64. The van der Waals surface area contributed by atoms with Crippen molar-refractivity contribution in [1.29, 1.82) is 0 Å². The van der Waals surface area contributed by atoms with Crippen molar-refractivity contribution in [2.24, 2.45) is 0 Å². The average Bonchev–Trinajstić information content (AvgIpc) is 2.68. The van der Waals surface area contributed by atoms with E-state index in [2.05, 4.69) is 17.0 Å². The first-order chi connectivity index (χ1) is 12.2. The SMILES string of the molecule is O=C(c1ccc(Cl)cc1)N1CCN(C2CCOc3ccccc32)CC1. The number of fused-ring (bicyclic) bond motifs is 1. The van der Waals surface area contributed by atoms with E-state index in [0.29, 0.717) is 16.6 Å². The monoisotopic (exact) mass is 356 g/mol. The highest BCUT2D eigenvalue weighted by atomic mass is 35.5. The van der Waals surface area contributed by atoms with E-state index in [1.54, 1.807) is 24.3 Å². The molecule has 2 aliphatic heterocycles. The third-order valence-corrected chi connectivity index (χ3v) is 5.31. The van der Waals surface area contributed by atoms with Gasteiger partial charge in [-0.2, -0.15) is 0 Å². The number of rotatable bonds is 2. The summed E-state index contributed by atoms with van der Waals surface area (Å²) in [5.74, 6) is 1.09. The van der Waals surface area contributed by atoms with Gasteiger partial charge in [0.1, 0.15) is 5.75 Å². The molecule has 2 aliphatic rings. The van der Waals surface area contributed by atoms with E-state index in [-0.39, 0.29) is 5.91 Å². The lowest BCUT2D eigenvalue weighted by Crippen LogP contribution is -2.50. The Labute approximate surface area is 152 Å². The summed E-state index contributed by atoms with van der Waals surface area (Å²) in [5.41, 5.74) is 1.97. The van der Waals surface area contributed by atoms with Crippen LogP contribution in [0.25, 0.3) is 0 Å². The predicted molar refractivity (Wildman–Crippen MR) is 98.2 cm³/mol. The highest BCUT2D eigenvalue weighted by Crippen LogP contribution is 2.36. The minimum atomic E-state index is 0.0868. The van der Waals surface area contributed by atoms with E-state index >= 15 is 0 Å². The van der Waals surface area contributed by atoms with Gasteiger partial charge in [0, 0.05) is 54.8 Å². The van der Waals surface area contributed by atoms with Crippen molar-refractivity contribution in [3.63, 3.8) is 0 Å². The normalized spacial score (nSPS) is 20.7. The molecule has 1 fully saturated rings. The first kappa shape index (κ1) is 16.4. The van der Waals surface area contributed by atoms with E-state index in [9.17, 15) is 4.79 Å². The number of ether oxygens (including phenoxy) is 1. The third-order valence-electron chi connectivity index (χ3n) is 5.06. The maximum atomic E-state index is 12.6. The number of benzene rings is 2. The third kappa shape index (κ3) is 3.37. The van der Waals surface area contributed by atoms with Gasteiger partial charge in [0.2, 0.25) is 0 Å². The smallest absolute Gasteiger partial charge is 0.253 e. The molecule has 0 bridgehead atoms. The van der Waals surface area contributed by atoms with E-state index in [1.807, 2.05) is 17.0 Å². The molecule has 1 atom stereocenters. The molecule has 1 saturated heterocycles. The molecule has 0 aliphatic carbocycles. The Bertz CT molecular complexity index is 755. The van der Waals surface area contributed by atoms with E-state index in [0.717, 1.165) is 45.0 Å². The number of halogens is 1. The van der Waals surface area contributed by atoms with Crippen LogP contribution in [0.3, 0.4) is 0 Å². The number of hydrogen-bond acceptors (Lipinski definition) is 3. The van der Waals surface area contributed by atoms with Crippen molar-refractivity contribution in [3.8, 4) is 5.75 Å². The van der Waals surface area contributed by atoms with E-state index < -0.39 is 0 Å². The molecule has 0 radical (unpaired) electrons. The van der Waals surface area contributed by atoms with Crippen molar-refractivity contribution < 1.29 is 9.53 Å². The minimum absolute atomic E-state index is 0.0868. The van der Waals surface area contributed by atoms with Crippen LogP contribution in [0.5, 0.6) is 5.75 Å². The Morgan fingerprint density at radius 1 is 1.00 bits per heavy atom. The lowest BCUT2D eigenvalue weighted by atomic mass is 9.98. The zero-order chi connectivity index (χ0) is 17.2. The maximum Gasteiger partial charge on any atom is 0.253 e. The summed E-state index contributed by atoms with van der Waals surface area (Å²) in [5, 5.41) is 0.652. The van der Waals surface area contributed by atoms with Crippen LogP contribution in [0.1, 0.15) is 28.4 Å². The molecule has 0 saturated carbocycles. The summed E-state index contributed by atoms with van der Waals surface area (Å²) in [7, 11) is 0. The Morgan fingerprint density at radius 3 is 2.48 bits per heavy atom. The summed E-state index contributed by atoms with van der Waals surface area (Å²) >= 11 is 5.91. The summed E-state index contributed by atoms with van der Waals surface area (Å²) in [6, 6.07) is 15.8. The molecule has 2 heterocycles. The Balaban J connectivity index is 1.42. The van der Waals surface area contributed by atoms with Crippen molar-refractivity contribution in [2.45, 2.75) is 12.5 Å². The molecular formula is C20H21ClN2O2. The number of carbonyl (C=O) groups excluding carboxylic acids is 1. The molecule has 2 aromatic rings. The molecule has 25 heavy (non-hydrogen) atoms. The molecule has 2 aromatic carbocycles. The molecular weight excluding hydrogens is 336 g/mol. The van der Waals surface area contributed by atoms with Gasteiger partial charge in [-0.1, -0.05) is 29.8 Å². The van der Waals surface area contributed by atoms with Gasteiger partial charge in [0.25, 0.3) is 5.91 Å². The zero-order valence-corrected chi connectivity index (χ0v) is 14.8. The fourth-order valence-electron chi connectivity index (χ4n) is 3.71. The van der Waals surface area contributed by atoms with Crippen LogP contribution >= 0.6 is 11.6 Å². The molecule has 0 N–H and O–H groups in total. The maximum absolute atomic E-state index is 12.6. The van der Waals surface area contributed by atoms with Crippen LogP contribution in [0.4, 0.5) is 0 Å². The van der Waals surface area contributed by atoms with Crippen LogP contribution in [-0.2, 0) is 0 Å². The lowest BCUT2D eigenvalue weighted by molar-refractivity contribution is 0.0510. The number of hydrogen-bond donors (Lipinski definition) is 0. The van der Waals surface area contributed by atoms with Crippen molar-refractivity contribution in [1.82, 2.24) is 9.80 Å². The zero-order valence-electron chi connectivity index (χ0n) is 14.0. The second-order valence-electron chi connectivity index (χ2n) is 6.53. The van der Waals surface area contributed by atoms with Crippen LogP contribution in [0.2, 0.25) is 5.02 Å². The van der Waals surface area contributed by atoms with Gasteiger partial charge in [0.05, 0.1) is 6.61 Å². The number of nitrogens with zero attached hydrogens (tertiary/aromatic N) is 2.